The van der Waals surface area contributed by atoms with Crippen LogP contribution in [0.5, 0.6) is 0 Å². The van der Waals surface area contributed by atoms with E-state index < -0.39 is 6.23 Å². The van der Waals surface area contributed by atoms with Crippen LogP contribution in [0.25, 0.3) is 0 Å². The molecular weight excluding hydrogens is 54.0 g/mol. The lowest BCUT2D eigenvalue weighted by Gasteiger charge is -1.76. The van der Waals surface area contributed by atoms with Gasteiger partial charge in [0.25, 0.3) is 0 Å². The van der Waals surface area contributed by atoms with E-state index in [9.17, 15) is 5.11 Å². The van der Waals surface area contributed by atoms with E-state index in [1.165, 1.54) is 0 Å². The van der Waals surface area contributed by atoms with Crippen molar-refractivity contribution in [3.63, 3.8) is 0 Å². The largest absolute Gasteiger partial charge is 0.303 e. The minimum absolute atomic E-state index is 1.17. The first-order chi connectivity index (χ1) is 1.73. The molecule has 0 bridgehead atoms. The van der Waals surface area contributed by atoms with E-state index in [0.29, 0.717) is 0 Å². The van der Waals surface area contributed by atoms with Crippen LogP contribution in [0.4, 0.5) is 0 Å². The second-order valence-electron chi connectivity index (χ2n) is 0.538. The van der Waals surface area contributed by atoms with Gasteiger partial charge in [-0.25, -0.2) is 5.11 Å². The van der Waals surface area contributed by atoms with Crippen LogP contribution in [0.3, 0.4) is 0 Å². The summed E-state index contributed by atoms with van der Waals surface area (Å²) in [5.74, 6) is 0. The molecule has 0 aromatic rings. The lowest BCUT2D eigenvalue weighted by Crippen LogP contribution is -2.10. The standard InChI is InChI=1S/C2H5NO/c1-2(3)4/h2H,1,3H2. The highest BCUT2D eigenvalue weighted by Gasteiger charge is 1.73. The Hall–Kier alpha value is -0.0800. The van der Waals surface area contributed by atoms with Crippen molar-refractivity contribution in [2.45, 2.75) is 6.23 Å². The number of hydrogen-bond donors (Lipinski definition) is 1. The first-order valence-corrected chi connectivity index (χ1v) is 0.977. The average molecular weight is 59.1 g/mol. The SMILES string of the molecule is [CH2]C(N)[O]. The van der Waals surface area contributed by atoms with Crippen molar-refractivity contribution in [1.82, 2.24) is 0 Å². The summed E-state index contributed by atoms with van der Waals surface area (Å²) in [6.45, 7) is 2.86. The predicted molar refractivity (Wildman–Crippen MR) is 14.0 cm³/mol. The zero-order valence-electron chi connectivity index (χ0n) is 2.27. The molecule has 2 N–H and O–H groups in total. The maximum absolute atomic E-state index is 9.19. The van der Waals surface area contributed by atoms with E-state index in [1.54, 1.807) is 0 Å². The Morgan fingerprint density at radius 3 is 2.00 bits per heavy atom. The van der Waals surface area contributed by atoms with Gasteiger partial charge < -0.3 is 5.73 Å². The average Bonchev–Trinajstić information content (AvgIpc) is 0.811. The van der Waals surface area contributed by atoms with E-state index in [2.05, 4.69) is 12.7 Å². The van der Waals surface area contributed by atoms with Crippen LogP contribution in [0.1, 0.15) is 0 Å². The summed E-state index contributed by atoms with van der Waals surface area (Å²) in [6.07, 6.45) is -1.17. The summed E-state index contributed by atoms with van der Waals surface area (Å²) in [5, 5.41) is 9.19. The highest BCUT2D eigenvalue weighted by atomic mass is 16.3. The molecule has 2 radical (unpaired) electrons. The summed E-state index contributed by atoms with van der Waals surface area (Å²) in [5.41, 5.74) is 4.44. The third-order valence-electron chi connectivity index (χ3n) is 0. The minimum atomic E-state index is -1.17. The van der Waals surface area contributed by atoms with Crippen LogP contribution in [0.2, 0.25) is 0 Å². The van der Waals surface area contributed by atoms with Gasteiger partial charge in [-0.1, -0.05) is 0 Å². The van der Waals surface area contributed by atoms with Gasteiger partial charge in [0, 0.05) is 0 Å². The Labute approximate surface area is 25.2 Å². The molecule has 2 heteroatoms. The molecule has 2 nitrogen and oxygen atoms in total. The van der Waals surface area contributed by atoms with Gasteiger partial charge in [-0.05, 0) is 6.92 Å². The van der Waals surface area contributed by atoms with Crippen LogP contribution in [-0.2, 0) is 5.11 Å². The molecule has 0 amide bonds. The maximum Gasteiger partial charge on any atom is 0.141 e. The second kappa shape index (κ2) is 1.26. The van der Waals surface area contributed by atoms with E-state index in [4.69, 9.17) is 0 Å². The first kappa shape index (κ1) is 3.92. The molecule has 0 fully saturated rings. The summed E-state index contributed by atoms with van der Waals surface area (Å²) < 4.78 is 0. The fourth-order valence-corrected chi connectivity index (χ4v) is 0. The zero-order valence-corrected chi connectivity index (χ0v) is 2.27. The van der Waals surface area contributed by atoms with Crippen LogP contribution in [0, 0.1) is 6.92 Å². The second-order valence-corrected chi connectivity index (χ2v) is 0.538. The molecule has 24 valence electrons. The quantitative estimate of drug-likeness (QED) is 0.377. The van der Waals surface area contributed by atoms with Crippen molar-refractivity contribution < 1.29 is 5.11 Å². The Morgan fingerprint density at radius 1 is 2.00 bits per heavy atom. The molecule has 4 heavy (non-hydrogen) atoms. The Balaban J connectivity index is 2.32. The Morgan fingerprint density at radius 2 is 2.00 bits per heavy atom. The number of rotatable bonds is 0. The molecule has 0 saturated carbocycles. The highest BCUT2D eigenvalue weighted by Crippen LogP contribution is 1.51. The normalized spacial score (nSPS) is 15.8. The minimum Gasteiger partial charge on any atom is -0.303 e. The molecule has 0 aliphatic carbocycles. The van der Waals surface area contributed by atoms with Crippen LogP contribution < -0.4 is 5.73 Å². The van der Waals surface area contributed by atoms with Gasteiger partial charge >= 0.3 is 0 Å². The Bertz CT molecular complexity index is 10.8. The first-order valence-electron chi connectivity index (χ1n) is 0.977. The number of hydrogen-bond acceptors (Lipinski definition) is 1. The van der Waals surface area contributed by atoms with E-state index >= 15 is 0 Å². The van der Waals surface area contributed by atoms with Crippen molar-refractivity contribution in [2.75, 3.05) is 0 Å². The third-order valence-corrected chi connectivity index (χ3v) is 0. The van der Waals surface area contributed by atoms with Crippen molar-refractivity contribution in [3.8, 4) is 0 Å². The molecule has 1 unspecified atom stereocenters. The molecular formula is C2H5NO. The summed E-state index contributed by atoms with van der Waals surface area (Å²) in [6, 6.07) is 0. The monoisotopic (exact) mass is 59.0 g/mol. The molecule has 1 atom stereocenters. The van der Waals surface area contributed by atoms with Crippen molar-refractivity contribution in [3.05, 3.63) is 6.92 Å². The lowest BCUT2D eigenvalue weighted by atomic mass is 10.7. The van der Waals surface area contributed by atoms with Gasteiger partial charge in [-0.3, -0.25) is 0 Å². The summed E-state index contributed by atoms with van der Waals surface area (Å²) in [7, 11) is 0. The molecule has 0 aliphatic heterocycles. The predicted octanol–water partition coefficient (Wildman–Crippen LogP) is -0.464. The van der Waals surface area contributed by atoms with Crippen LogP contribution >= 0.6 is 0 Å². The molecule has 0 aromatic carbocycles. The van der Waals surface area contributed by atoms with E-state index in [-0.39, 0.29) is 0 Å². The van der Waals surface area contributed by atoms with Crippen LogP contribution in [-0.4, -0.2) is 6.23 Å². The fourth-order valence-electron chi connectivity index (χ4n) is 0. The van der Waals surface area contributed by atoms with Gasteiger partial charge in [0.05, 0.1) is 0 Å². The lowest BCUT2D eigenvalue weighted by molar-refractivity contribution is 0.134. The van der Waals surface area contributed by atoms with Crippen molar-refractivity contribution in [1.29, 1.82) is 0 Å². The molecule has 0 heterocycles. The van der Waals surface area contributed by atoms with Gasteiger partial charge in [0.15, 0.2) is 0 Å². The highest BCUT2D eigenvalue weighted by molar-refractivity contribution is 4.37. The smallest absolute Gasteiger partial charge is 0.141 e. The summed E-state index contributed by atoms with van der Waals surface area (Å²) >= 11 is 0. The fraction of sp³-hybridized carbons (Fsp3) is 0.500. The maximum atomic E-state index is 9.19. The van der Waals surface area contributed by atoms with E-state index in [1.807, 2.05) is 0 Å². The van der Waals surface area contributed by atoms with Gasteiger partial charge in [0.2, 0.25) is 0 Å². The van der Waals surface area contributed by atoms with Crippen molar-refractivity contribution in [2.24, 2.45) is 5.73 Å². The zero-order chi connectivity index (χ0) is 3.58. The third kappa shape index (κ3) is 254. The molecule has 0 spiro atoms. The van der Waals surface area contributed by atoms with Gasteiger partial charge in [0.1, 0.15) is 6.23 Å². The molecule has 0 aromatic heterocycles. The number of nitrogens with two attached hydrogens (primary N) is 1. The van der Waals surface area contributed by atoms with Crippen LogP contribution in [0.15, 0.2) is 0 Å². The van der Waals surface area contributed by atoms with E-state index in [0.717, 1.165) is 0 Å². The van der Waals surface area contributed by atoms with Gasteiger partial charge in [-0.2, -0.15) is 0 Å². The van der Waals surface area contributed by atoms with Gasteiger partial charge in [-0.15, -0.1) is 0 Å². The topological polar surface area (TPSA) is 45.9 Å². The molecule has 0 rings (SSSR count). The van der Waals surface area contributed by atoms with Crippen molar-refractivity contribution >= 4 is 0 Å². The Kier molecular flexibility index (Phi) is 1.24. The summed E-state index contributed by atoms with van der Waals surface area (Å²) in [4.78, 5) is 0. The molecule has 0 aliphatic rings. The molecule has 0 saturated heterocycles.